The first-order valence-electron chi connectivity index (χ1n) is 20.7. The zero-order valence-electron chi connectivity index (χ0n) is 33.1. The Hall–Kier alpha value is -8.14. The van der Waals surface area contributed by atoms with Crippen LogP contribution in [0, 0.1) is 0 Å². The quantitative estimate of drug-likeness (QED) is 0.161. The van der Waals surface area contributed by atoms with E-state index >= 15 is 0 Å². The van der Waals surface area contributed by atoms with Crippen LogP contribution < -0.4 is 4.90 Å². The van der Waals surface area contributed by atoms with Gasteiger partial charge in [0.15, 0.2) is 0 Å². The lowest BCUT2D eigenvalue weighted by molar-refractivity contribution is 0.670. The Bertz CT molecular complexity index is 3580. The predicted octanol–water partition coefficient (Wildman–Crippen LogP) is 16.8. The van der Waals surface area contributed by atoms with Crippen molar-refractivity contribution in [3.8, 4) is 44.5 Å². The van der Waals surface area contributed by atoms with E-state index in [1.807, 2.05) is 12.1 Å². The average Bonchev–Trinajstić information content (AvgIpc) is 3.92. The van der Waals surface area contributed by atoms with Crippen LogP contribution in [0.3, 0.4) is 0 Å². The summed E-state index contributed by atoms with van der Waals surface area (Å²) >= 11 is 0. The van der Waals surface area contributed by atoms with Crippen LogP contribution in [0.4, 0.5) is 17.1 Å². The summed E-state index contributed by atoms with van der Waals surface area (Å²) in [6.07, 6.45) is 0. The summed E-state index contributed by atoms with van der Waals surface area (Å²) in [4.78, 5) is 2.40. The van der Waals surface area contributed by atoms with Gasteiger partial charge < -0.3 is 13.7 Å². The molecule has 0 spiro atoms. The molecule has 0 amide bonds. The van der Waals surface area contributed by atoms with Crippen molar-refractivity contribution >= 4 is 71.7 Å². The zero-order valence-corrected chi connectivity index (χ0v) is 33.1. The number of hydrogen-bond acceptors (Lipinski definition) is 3. The number of para-hydroxylation sites is 2. The highest BCUT2D eigenvalue weighted by atomic mass is 16.3. The van der Waals surface area contributed by atoms with Crippen molar-refractivity contribution in [2.75, 3.05) is 4.90 Å². The van der Waals surface area contributed by atoms with Gasteiger partial charge in [-0.15, -0.1) is 0 Å². The third-order valence-electron chi connectivity index (χ3n) is 12.1. The number of benzene rings is 10. The molecule has 12 aromatic rings. The van der Waals surface area contributed by atoms with Crippen LogP contribution in [0.2, 0.25) is 0 Å². The molecule has 0 atom stereocenters. The van der Waals surface area contributed by atoms with Gasteiger partial charge in [0.25, 0.3) is 0 Å². The van der Waals surface area contributed by atoms with Crippen molar-refractivity contribution in [3.05, 3.63) is 224 Å². The monoisotopic (exact) mass is 779 g/mol. The highest BCUT2D eigenvalue weighted by Gasteiger charge is 2.23. The lowest BCUT2D eigenvalue weighted by Gasteiger charge is -2.28. The first kappa shape index (κ1) is 34.9. The highest BCUT2D eigenvalue weighted by molar-refractivity contribution is 6.23. The maximum Gasteiger partial charge on any atom is 0.143 e. The molecule has 0 N–H and O–H groups in total. The second kappa shape index (κ2) is 14.3. The number of anilines is 3. The van der Waals surface area contributed by atoms with Gasteiger partial charge >= 0.3 is 0 Å². The molecule has 0 bridgehead atoms. The molecule has 2 heterocycles. The van der Waals surface area contributed by atoms with Gasteiger partial charge in [0.05, 0.1) is 5.69 Å². The molecule has 0 fully saturated rings. The summed E-state index contributed by atoms with van der Waals surface area (Å²) in [5.74, 6) is 0. The lowest BCUT2D eigenvalue weighted by Crippen LogP contribution is -2.10. The molecular weight excluding hydrogens is 743 g/mol. The molecule has 0 aliphatic carbocycles. The molecule has 286 valence electrons. The van der Waals surface area contributed by atoms with Crippen molar-refractivity contribution in [3.63, 3.8) is 0 Å². The van der Waals surface area contributed by atoms with Gasteiger partial charge in [-0.25, -0.2) is 0 Å². The van der Waals surface area contributed by atoms with E-state index in [0.717, 1.165) is 94.0 Å². The fourth-order valence-corrected chi connectivity index (χ4v) is 9.27. The molecule has 0 aliphatic heterocycles. The van der Waals surface area contributed by atoms with Crippen LogP contribution in [0.25, 0.3) is 99.2 Å². The fourth-order valence-electron chi connectivity index (χ4n) is 9.27. The maximum absolute atomic E-state index is 6.89. The van der Waals surface area contributed by atoms with Crippen molar-refractivity contribution in [2.45, 2.75) is 0 Å². The third kappa shape index (κ3) is 5.82. The number of nitrogens with zero attached hydrogens (tertiary/aromatic N) is 1. The highest BCUT2D eigenvalue weighted by Crippen LogP contribution is 2.48. The average molecular weight is 780 g/mol. The molecule has 0 radical (unpaired) electrons. The van der Waals surface area contributed by atoms with Crippen LogP contribution in [0.5, 0.6) is 0 Å². The number of rotatable bonds is 7. The zero-order chi connectivity index (χ0) is 40.3. The maximum atomic E-state index is 6.89. The molecule has 0 saturated carbocycles. The Morgan fingerprint density at radius 3 is 1.64 bits per heavy atom. The number of fused-ring (bicyclic) bond motifs is 8. The third-order valence-corrected chi connectivity index (χ3v) is 12.1. The molecule has 2 aromatic heterocycles. The van der Waals surface area contributed by atoms with Crippen molar-refractivity contribution < 1.29 is 8.83 Å². The smallest absolute Gasteiger partial charge is 0.143 e. The summed E-state index contributed by atoms with van der Waals surface area (Å²) in [5.41, 5.74) is 15.8. The second-order valence-corrected chi connectivity index (χ2v) is 15.6. The minimum Gasteiger partial charge on any atom is -0.455 e. The first-order valence-corrected chi connectivity index (χ1v) is 20.7. The van der Waals surface area contributed by atoms with Gasteiger partial charge in [-0.05, 0) is 81.4 Å². The van der Waals surface area contributed by atoms with Crippen molar-refractivity contribution in [1.29, 1.82) is 0 Å². The van der Waals surface area contributed by atoms with Gasteiger partial charge in [0.2, 0.25) is 0 Å². The van der Waals surface area contributed by atoms with E-state index in [2.05, 4.69) is 217 Å². The van der Waals surface area contributed by atoms with Gasteiger partial charge in [0, 0.05) is 49.3 Å². The Morgan fingerprint density at radius 1 is 0.279 bits per heavy atom. The fraction of sp³-hybridized carbons (Fsp3) is 0. The Labute approximate surface area is 353 Å². The Balaban J connectivity index is 1.10. The van der Waals surface area contributed by atoms with Crippen LogP contribution in [-0.4, -0.2) is 0 Å². The molecule has 0 aliphatic rings. The van der Waals surface area contributed by atoms with Crippen LogP contribution in [0.15, 0.2) is 233 Å². The standard InChI is InChI=1S/C58H37NO2/c1-3-16-38(17-4-1)41-20-13-21-43(36-41)59(42-34-32-40(33-35-42)45-27-14-29-51-48-25-11-12-30-54(48)60-57(45)51)53-37-52-56-49(46-23-8-7-22-44(46)39-18-5-2-6-19-39)28-15-31-55(56)61-58(52)50-26-10-9-24-47(50)53/h1-37H. The van der Waals surface area contributed by atoms with Gasteiger partial charge in [-0.1, -0.05) is 182 Å². The van der Waals surface area contributed by atoms with Crippen LogP contribution >= 0.6 is 0 Å². The minimum atomic E-state index is 0.861. The Morgan fingerprint density at radius 2 is 0.820 bits per heavy atom. The largest absolute Gasteiger partial charge is 0.455 e. The summed E-state index contributed by atoms with van der Waals surface area (Å²) in [5, 5.41) is 6.57. The van der Waals surface area contributed by atoms with Crippen LogP contribution in [-0.2, 0) is 0 Å². The lowest BCUT2D eigenvalue weighted by atomic mass is 9.91. The summed E-state index contributed by atoms with van der Waals surface area (Å²) in [7, 11) is 0. The van der Waals surface area contributed by atoms with Crippen molar-refractivity contribution in [2.24, 2.45) is 0 Å². The summed E-state index contributed by atoms with van der Waals surface area (Å²) in [6.45, 7) is 0. The molecule has 61 heavy (non-hydrogen) atoms. The van der Waals surface area contributed by atoms with E-state index in [1.54, 1.807) is 0 Å². The SMILES string of the molecule is c1ccc(-c2cccc(N(c3ccc(-c4cccc5c4oc4ccccc45)cc3)c3cc4c(oc5cccc(-c6ccccc6-c6ccccc6)c54)c4ccccc34)c2)cc1. The normalized spacial score (nSPS) is 11.6. The molecule has 12 rings (SSSR count). The summed E-state index contributed by atoms with van der Waals surface area (Å²) in [6, 6.07) is 79.8. The second-order valence-electron chi connectivity index (χ2n) is 15.6. The summed E-state index contributed by atoms with van der Waals surface area (Å²) < 4.78 is 13.4. The Kier molecular flexibility index (Phi) is 8.17. The molecule has 3 nitrogen and oxygen atoms in total. The first-order chi connectivity index (χ1) is 30.3. The van der Waals surface area contributed by atoms with E-state index < -0.39 is 0 Å². The van der Waals surface area contributed by atoms with Gasteiger partial charge in [0.1, 0.15) is 22.3 Å². The number of hydrogen-bond donors (Lipinski definition) is 0. The van der Waals surface area contributed by atoms with E-state index in [4.69, 9.17) is 8.83 Å². The molecule has 3 heteroatoms. The van der Waals surface area contributed by atoms with Crippen LogP contribution in [0.1, 0.15) is 0 Å². The minimum absolute atomic E-state index is 0.861. The topological polar surface area (TPSA) is 29.5 Å². The van der Waals surface area contributed by atoms with E-state index in [9.17, 15) is 0 Å². The van der Waals surface area contributed by atoms with E-state index in [1.165, 1.54) is 22.3 Å². The predicted molar refractivity (Wildman–Crippen MR) is 255 cm³/mol. The van der Waals surface area contributed by atoms with Gasteiger partial charge in [-0.3, -0.25) is 0 Å². The molecule has 10 aromatic carbocycles. The molecule has 0 saturated heterocycles. The molecule has 0 unspecified atom stereocenters. The van der Waals surface area contributed by atoms with E-state index in [0.29, 0.717) is 0 Å². The molecular formula is C58H37NO2. The van der Waals surface area contributed by atoms with Crippen molar-refractivity contribution in [1.82, 2.24) is 0 Å². The van der Waals surface area contributed by atoms with E-state index in [-0.39, 0.29) is 0 Å². The number of furan rings is 2. The van der Waals surface area contributed by atoms with Gasteiger partial charge in [-0.2, -0.15) is 0 Å².